The number of rotatable bonds is 5. The Morgan fingerprint density at radius 3 is 2.38 bits per heavy atom. The Bertz CT molecular complexity index is 588. The van der Waals surface area contributed by atoms with Crippen LogP contribution in [0.4, 0.5) is 0 Å². The van der Waals surface area contributed by atoms with Crippen molar-refractivity contribution in [3.05, 3.63) is 35.9 Å². The molecule has 3 atom stereocenters. The summed E-state index contributed by atoms with van der Waals surface area (Å²) in [7, 11) is 0. The fourth-order valence-corrected chi connectivity index (χ4v) is 4.23. The zero-order valence-electron chi connectivity index (χ0n) is 13.9. The van der Waals surface area contributed by atoms with Gasteiger partial charge in [-0.25, -0.2) is 0 Å². The third-order valence-corrected chi connectivity index (χ3v) is 5.51. The molecule has 2 amide bonds. The molecule has 0 spiro atoms. The summed E-state index contributed by atoms with van der Waals surface area (Å²) in [5, 5.41) is 0. The third-order valence-electron chi connectivity index (χ3n) is 5.51. The Hall–Kier alpha value is -1.72. The summed E-state index contributed by atoms with van der Waals surface area (Å²) in [6, 6.07) is 10.2. The van der Waals surface area contributed by atoms with Crippen LogP contribution in [0.2, 0.25) is 0 Å². The van der Waals surface area contributed by atoms with E-state index in [1.807, 2.05) is 18.2 Å². The van der Waals surface area contributed by atoms with Crippen molar-refractivity contribution in [2.75, 3.05) is 26.2 Å². The van der Waals surface area contributed by atoms with Crippen LogP contribution in [0.25, 0.3) is 0 Å². The monoisotopic (exact) mass is 328 g/mol. The van der Waals surface area contributed by atoms with Crippen molar-refractivity contribution in [2.45, 2.75) is 31.9 Å². The first kappa shape index (κ1) is 15.8. The minimum atomic E-state index is -0.147. The molecule has 0 bridgehead atoms. The first-order valence-electron chi connectivity index (χ1n) is 8.95. The van der Waals surface area contributed by atoms with Gasteiger partial charge < -0.3 is 4.74 Å². The maximum Gasteiger partial charge on any atom is 0.234 e. The first-order chi connectivity index (χ1) is 11.7. The average Bonchev–Trinajstić information content (AvgIpc) is 3.28. The smallest absolute Gasteiger partial charge is 0.234 e. The fraction of sp³-hybridized carbons (Fsp3) is 0.579. The van der Waals surface area contributed by atoms with Crippen molar-refractivity contribution in [1.29, 1.82) is 0 Å². The molecule has 4 rings (SSSR count). The second-order valence-electron chi connectivity index (χ2n) is 7.14. The first-order valence-corrected chi connectivity index (χ1v) is 8.95. The molecule has 0 saturated carbocycles. The maximum atomic E-state index is 12.6. The average molecular weight is 328 g/mol. The minimum Gasteiger partial charge on any atom is -0.378 e. The minimum absolute atomic E-state index is 0.0264. The Balaban J connectivity index is 1.35. The van der Waals surface area contributed by atoms with Crippen molar-refractivity contribution in [3.63, 3.8) is 0 Å². The quantitative estimate of drug-likeness (QED) is 0.772. The maximum absolute atomic E-state index is 12.6. The normalized spacial score (nSPS) is 30.3. The van der Waals surface area contributed by atoms with Crippen molar-refractivity contribution in [2.24, 2.45) is 11.8 Å². The van der Waals surface area contributed by atoms with Crippen molar-refractivity contribution < 1.29 is 14.3 Å². The predicted molar refractivity (Wildman–Crippen MR) is 89.0 cm³/mol. The number of carbonyl (C=O) groups is 2. The molecule has 0 aliphatic carbocycles. The van der Waals surface area contributed by atoms with E-state index in [9.17, 15) is 9.59 Å². The molecule has 3 saturated heterocycles. The van der Waals surface area contributed by atoms with Gasteiger partial charge in [0, 0.05) is 32.8 Å². The highest BCUT2D eigenvalue weighted by Gasteiger charge is 2.51. The summed E-state index contributed by atoms with van der Waals surface area (Å²) in [5.74, 6) is -0.242. The summed E-state index contributed by atoms with van der Waals surface area (Å²) < 4.78 is 5.60. The molecule has 0 unspecified atom stereocenters. The highest BCUT2D eigenvalue weighted by atomic mass is 16.5. The van der Waals surface area contributed by atoms with Crippen molar-refractivity contribution >= 4 is 11.8 Å². The Morgan fingerprint density at radius 1 is 1.04 bits per heavy atom. The van der Waals surface area contributed by atoms with Crippen molar-refractivity contribution in [1.82, 2.24) is 9.80 Å². The fourth-order valence-electron chi connectivity index (χ4n) is 4.23. The molecule has 3 fully saturated rings. The molecule has 5 heteroatoms. The molecule has 0 aromatic heterocycles. The van der Waals surface area contributed by atoms with Gasteiger partial charge in [-0.15, -0.1) is 0 Å². The number of imide groups is 1. The SMILES string of the molecule is O=C1[C@@H]2CN(Cc3ccccc3)C[C@H]2C(=O)N1CC[C@H]1CCCO1. The van der Waals surface area contributed by atoms with Crippen LogP contribution < -0.4 is 0 Å². The van der Waals surface area contributed by atoms with Crippen LogP contribution in [0.3, 0.4) is 0 Å². The van der Waals surface area contributed by atoms with Gasteiger partial charge in [-0.1, -0.05) is 30.3 Å². The summed E-state index contributed by atoms with van der Waals surface area (Å²) >= 11 is 0. The number of hydrogen-bond donors (Lipinski definition) is 0. The number of ether oxygens (including phenoxy) is 1. The van der Waals surface area contributed by atoms with Crippen LogP contribution in [0, 0.1) is 11.8 Å². The van der Waals surface area contributed by atoms with E-state index < -0.39 is 0 Å². The number of benzene rings is 1. The molecule has 128 valence electrons. The second kappa shape index (κ2) is 6.65. The highest BCUT2D eigenvalue weighted by Crippen LogP contribution is 2.34. The summed E-state index contributed by atoms with van der Waals surface area (Å²) in [4.78, 5) is 29.0. The van der Waals surface area contributed by atoms with Crippen LogP contribution in [0.1, 0.15) is 24.8 Å². The van der Waals surface area contributed by atoms with Crippen LogP contribution in [-0.4, -0.2) is 54.0 Å². The van der Waals surface area contributed by atoms with E-state index in [1.165, 1.54) is 10.5 Å². The van der Waals surface area contributed by atoms with Gasteiger partial charge in [0.1, 0.15) is 0 Å². The molecule has 0 radical (unpaired) electrons. The van der Waals surface area contributed by atoms with Crippen LogP contribution in [0.15, 0.2) is 30.3 Å². The van der Waals surface area contributed by atoms with E-state index in [0.717, 1.165) is 32.4 Å². The van der Waals surface area contributed by atoms with Gasteiger partial charge in [-0.3, -0.25) is 19.4 Å². The molecular weight excluding hydrogens is 304 g/mol. The summed E-state index contributed by atoms with van der Waals surface area (Å²) in [6.45, 7) is 3.53. The second-order valence-corrected chi connectivity index (χ2v) is 7.14. The lowest BCUT2D eigenvalue weighted by Crippen LogP contribution is -2.37. The van der Waals surface area contributed by atoms with E-state index in [-0.39, 0.29) is 29.8 Å². The highest BCUT2D eigenvalue weighted by molar-refractivity contribution is 6.05. The predicted octanol–water partition coefficient (Wildman–Crippen LogP) is 1.67. The van der Waals surface area contributed by atoms with E-state index in [2.05, 4.69) is 17.0 Å². The summed E-state index contributed by atoms with van der Waals surface area (Å²) in [6.07, 6.45) is 3.14. The lowest BCUT2D eigenvalue weighted by Gasteiger charge is -2.21. The molecule has 24 heavy (non-hydrogen) atoms. The Kier molecular flexibility index (Phi) is 4.37. The number of nitrogens with zero attached hydrogens (tertiary/aromatic N) is 2. The number of hydrogen-bond acceptors (Lipinski definition) is 4. The largest absolute Gasteiger partial charge is 0.378 e. The molecule has 3 aliphatic rings. The van der Waals surface area contributed by atoms with Crippen LogP contribution in [-0.2, 0) is 20.9 Å². The third kappa shape index (κ3) is 2.98. The molecular formula is C19H24N2O3. The van der Waals surface area contributed by atoms with Gasteiger partial charge in [-0.2, -0.15) is 0 Å². The van der Waals surface area contributed by atoms with Crippen LogP contribution >= 0.6 is 0 Å². The molecule has 1 aromatic carbocycles. The Labute approximate surface area is 142 Å². The molecule has 1 aromatic rings. The van der Waals surface area contributed by atoms with E-state index in [4.69, 9.17) is 4.74 Å². The molecule has 0 N–H and O–H groups in total. The zero-order valence-corrected chi connectivity index (χ0v) is 13.9. The van der Waals surface area contributed by atoms with E-state index in [0.29, 0.717) is 19.6 Å². The standard InChI is InChI=1S/C19H24N2O3/c22-18-16-12-20(11-14-5-2-1-3-6-14)13-17(16)19(23)21(18)9-8-15-7-4-10-24-15/h1-3,5-6,15-17H,4,7-13H2/t15-,16-,17-/m1/s1. The van der Waals surface area contributed by atoms with Crippen molar-refractivity contribution in [3.8, 4) is 0 Å². The number of amides is 2. The lowest BCUT2D eigenvalue weighted by atomic mass is 10.00. The van der Waals surface area contributed by atoms with Gasteiger partial charge in [-0.05, 0) is 24.8 Å². The molecule has 3 heterocycles. The van der Waals surface area contributed by atoms with Gasteiger partial charge >= 0.3 is 0 Å². The van der Waals surface area contributed by atoms with E-state index in [1.54, 1.807) is 0 Å². The van der Waals surface area contributed by atoms with Gasteiger partial charge in [0.2, 0.25) is 11.8 Å². The Morgan fingerprint density at radius 2 is 1.75 bits per heavy atom. The van der Waals surface area contributed by atoms with Gasteiger partial charge in [0.15, 0.2) is 0 Å². The topological polar surface area (TPSA) is 49.9 Å². The number of fused-ring (bicyclic) bond motifs is 1. The zero-order chi connectivity index (χ0) is 16.5. The van der Waals surface area contributed by atoms with Gasteiger partial charge in [0.05, 0.1) is 17.9 Å². The molecule has 5 nitrogen and oxygen atoms in total. The van der Waals surface area contributed by atoms with Gasteiger partial charge in [0.25, 0.3) is 0 Å². The number of likely N-dealkylation sites (tertiary alicyclic amines) is 2. The van der Waals surface area contributed by atoms with E-state index >= 15 is 0 Å². The van der Waals surface area contributed by atoms with Crippen LogP contribution in [0.5, 0.6) is 0 Å². The number of carbonyl (C=O) groups excluding carboxylic acids is 2. The lowest BCUT2D eigenvalue weighted by molar-refractivity contribution is -0.141. The molecule has 3 aliphatic heterocycles. The summed E-state index contributed by atoms with van der Waals surface area (Å²) in [5.41, 5.74) is 1.23.